The second-order valence-electron chi connectivity index (χ2n) is 7.06. The highest BCUT2D eigenvalue weighted by Crippen LogP contribution is 2.32. The van der Waals surface area contributed by atoms with Crippen LogP contribution in [-0.2, 0) is 9.59 Å². The minimum atomic E-state index is -1.49. The zero-order valence-corrected chi connectivity index (χ0v) is 17.0. The van der Waals surface area contributed by atoms with Crippen LogP contribution in [0.4, 0.5) is 17.1 Å². The molecule has 0 bridgehead atoms. The number of ether oxygens (including phenoxy) is 1. The molecule has 0 spiro atoms. The lowest BCUT2D eigenvalue weighted by molar-refractivity contribution is -0.384. The molecule has 0 aromatic heterocycles. The molecule has 32 heavy (non-hydrogen) atoms. The average Bonchev–Trinajstić information content (AvgIpc) is 2.91. The number of fused-ring (bicyclic) bond motifs is 1. The molecule has 0 fully saturated rings. The van der Waals surface area contributed by atoms with Gasteiger partial charge in [0.15, 0.2) is 0 Å². The number of carbonyl (C=O) groups excluding carboxylic acids is 2. The van der Waals surface area contributed by atoms with Gasteiger partial charge in [-0.2, -0.15) is 0 Å². The maximum atomic E-state index is 13.2. The van der Waals surface area contributed by atoms with E-state index in [1.165, 1.54) is 36.2 Å². The Balaban J connectivity index is 1.77. The van der Waals surface area contributed by atoms with Crippen molar-refractivity contribution in [2.45, 2.75) is 6.04 Å². The number of likely N-dealkylation sites (N-methyl/N-ethyl adjacent to an activating group) is 1. The predicted octanol–water partition coefficient (Wildman–Crippen LogP) is 2.97. The molecule has 1 unspecified atom stereocenters. The monoisotopic (exact) mass is 430 g/mol. The van der Waals surface area contributed by atoms with E-state index < -0.39 is 22.8 Å². The molecule has 9 nitrogen and oxygen atoms in total. The maximum absolute atomic E-state index is 13.2. The number of aliphatic imine (C=N–C) groups is 1. The molecule has 1 aliphatic heterocycles. The van der Waals surface area contributed by atoms with Gasteiger partial charge in [0.2, 0.25) is 6.04 Å². The van der Waals surface area contributed by atoms with Gasteiger partial charge < -0.3 is 15.4 Å². The lowest BCUT2D eigenvalue weighted by atomic mass is 9.98. The predicted molar refractivity (Wildman–Crippen MR) is 119 cm³/mol. The fourth-order valence-electron chi connectivity index (χ4n) is 3.42. The number of nitro groups is 1. The van der Waals surface area contributed by atoms with Gasteiger partial charge >= 0.3 is 5.97 Å². The van der Waals surface area contributed by atoms with Crippen LogP contribution < -0.4 is 15.4 Å². The van der Waals surface area contributed by atoms with Gasteiger partial charge in [-0.15, -0.1) is 0 Å². The van der Waals surface area contributed by atoms with E-state index in [0.717, 1.165) is 0 Å². The Labute approximate surface area is 182 Å². The van der Waals surface area contributed by atoms with Crippen molar-refractivity contribution in [3.63, 3.8) is 0 Å². The van der Waals surface area contributed by atoms with E-state index in [9.17, 15) is 19.7 Å². The highest BCUT2D eigenvalue weighted by atomic mass is 16.6. The maximum Gasteiger partial charge on any atom is 0.346 e. The molecular formula is C23H18N4O5. The van der Waals surface area contributed by atoms with Gasteiger partial charge in [0.05, 0.1) is 16.3 Å². The summed E-state index contributed by atoms with van der Waals surface area (Å²) in [6.07, 6.45) is 0. The van der Waals surface area contributed by atoms with E-state index in [1.807, 2.05) is 30.3 Å². The summed E-state index contributed by atoms with van der Waals surface area (Å²) in [5, 5.41) is 10.8. The van der Waals surface area contributed by atoms with Gasteiger partial charge in [-0.1, -0.05) is 36.4 Å². The van der Waals surface area contributed by atoms with Crippen LogP contribution >= 0.6 is 0 Å². The van der Waals surface area contributed by atoms with Gasteiger partial charge in [-0.05, 0) is 24.3 Å². The van der Waals surface area contributed by atoms with Crippen molar-refractivity contribution in [2.75, 3.05) is 17.7 Å². The van der Waals surface area contributed by atoms with Crippen LogP contribution in [0, 0.1) is 10.1 Å². The summed E-state index contributed by atoms with van der Waals surface area (Å²) < 4.78 is 5.33. The minimum absolute atomic E-state index is 0.0637. The topological polar surface area (TPSA) is 128 Å². The van der Waals surface area contributed by atoms with Crippen molar-refractivity contribution in [3.8, 4) is 5.75 Å². The molecule has 1 heterocycles. The Morgan fingerprint density at radius 1 is 1.06 bits per heavy atom. The number of anilines is 2. The highest BCUT2D eigenvalue weighted by Gasteiger charge is 2.36. The van der Waals surface area contributed by atoms with E-state index in [4.69, 9.17) is 10.5 Å². The lowest BCUT2D eigenvalue weighted by Gasteiger charge is -2.20. The van der Waals surface area contributed by atoms with Crippen LogP contribution in [0.15, 0.2) is 77.8 Å². The number of carbonyl (C=O) groups is 2. The zero-order valence-electron chi connectivity index (χ0n) is 17.0. The van der Waals surface area contributed by atoms with Gasteiger partial charge in [0, 0.05) is 36.0 Å². The summed E-state index contributed by atoms with van der Waals surface area (Å²) in [4.78, 5) is 42.2. The first-order chi connectivity index (χ1) is 15.4. The Bertz CT molecular complexity index is 1240. The number of nitro benzene ring substituents is 1. The minimum Gasteiger partial charge on any atom is -0.425 e. The first kappa shape index (κ1) is 20.7. The van der Waals surface area contributed by atoms with Crippen molar-refractivity contribution < 1.29 is 19.2 Å². The SMILES string of the molecule is CN1C(=O)C(C(=O)Oc2ccc([N+](=O)[O-])cc2)N=C(c2ccccc2)c2c(N)cccc21. The fourth-order valence-corrected chi connectivity index (χ4v) is 3.42. The molecule has 0 saturated heterocycles. The summed E-state index contributed by atoms with van der Waals surface area (Å²) >= 11 is 0. The summed E-state index contributed by atoms with van der Waals surface area (Å²) in [5.74, 6) is -1.43. The van der Waals surface area contributed by atoms with Gasteiger partial charge in [-0.25, -0.2) is 4.79 Å². The van der Waals surface area contributed by atoms with Gasteiger partial charge in [-0.3, -0.25) is 19.9 Å². The van der Waals surface area contributed by atoms with E-state index in [0.29, 0.717) is 28.2 Å². The van der Waals surface area contributed by atoms with Crippen LogP contribution in [0.25, 0.3) is 0 Å². The number of nitrogens with two attached hydrogens (primary N) is 1. The van der Waals surface area contributed by atoms with Crippen LogP contribution in [-0.4, -0.2) is 35.6 Å². The second-order valence-corrected chi connectivity index (χ2v) is 7.06. The quantitative estimate of drug-likeness (QED) is 0.169. The van der Waals surface area contributed by atoms with Gasteiger partial charge in [0.1, 0.15) is 5.75 Å². The molecule has 1 atom stereocenters. The third-order valence-corrected chi connectivity index (χ3v) is 5.03. The molecule has 0 aliphatic carbocycles. The number of hydrogen-bond acceptors (Lipinski definition) is 7. The van der Waals surface area contributed by atoms with E-state index in [1.54, 1.807) is 18.2 Å². The van der Waals surface area contributed by atoms with E-state index >= 15 is 0 Å². The van der Waals surface area contributed by atoms with Crippen LogP contribution in [0.2, 0.25) is 0 Å². The first-order valence-corrected chi connectivity index (χ1v) is 9.62. The number of benzodiazepines with no additional fused rings is 1. The molecule has 3 aromatic rings. The van der Waals surface area contributed by atoms with Crippen LogP contribution in [0.3, 0.4) is 0 Å². The molecule has 9 heteroatoms. The molecule has 4 rings (SSSR count). The highest BCUT2D eigenvalue weighted by molar-refractivity contribution is 6.25. The standard InChI is InChI=1S/C23H18N4O5/c1-26-18-9-5-8-17(24)19(18)20(14-6-3-2-4-7-14)25-21(22(26)28)23(29)32-16-12-10-15(11-13-16)27(30)31/h2-13,21H,24H2,1H3. The van der Waals surface area contributed by atoms with Crippen LogP contribution in [0.1, 0.15) is 11.1 Å². The normalized spacial score (nSPS) is 15.4. The molecule has 3 aromatic carbocycles. The number of amides is 1. The molecule has 1 amide bonds. The van der Waals surface area contributed by atoms with E-state index in [-0.39, 0.29) is 11.4 Å². The summed E-state index contributed by atoms with van der Waals surface area (Å²) in [6, 6.07) is 17.7. The number of benzene rings is 3. The third-order valence-electron chi connectivity index (χ3n) is 5.03. The van der Waals surface area contributed by atoms with Crippen molar-refractivity contribution in [1.82, 2.24) is 0 Å². The largest absolute Gasteiger partial charge is 0.425 e. The van der Waals surface area contributed by atoms with Crippen molar-refractivity contribution in [2.24, 2.45) is 4.99 Å². The Hall–Kier alpha value is -4.53. The zero-order chi connectivity index (χ0) is 22.8. The molecule has 0 saturated carbocycles. The van der Waals surface area contributed by atoms with Crippen molar-refractivity contribution in [3.05, 3.63) is 94.0 Å². The van der Waals surface area contributed by atoms with Crippen molar-refractivity contribution in [1.29, 1.82) is 0 Å². The number of esters is 1. The molecule has 160 valence electrons. The summed E-state index contributed by atoms with van der Waals surface area (Å²) in [7, 11) is 1.54. The van der Waals surface area contributed by atoms with Crippen LogP contribution in [0.5, 0.6) is 5.75 Å². The fraction of sp³-hybridized carbons (Fsp3) is 0.0870. The second kappa shape index (κ2) is 8.31. The molecule has 0 radical (unpaired) electrons. The number of nitrogens with zero attached hydrogens (tertiary/aromatic N) is 3. The first-order valence-electron chi connectivity index (χ1n) is 9.62. The number of non-ortho nitro benzene ring substituents is 1. The Morgan fingerprint density at radius 2 is 1.75 bits per heavy atom. The van der Waals surface area contributed by atoms with Gasteiger partial charge in [0.25, 0.3) is 11.6 Å². The summed E-state index contributed by atoms with van der Waals surface area (Å²) in [6.45, 7) is 0. The smallest absolute Gasteiger partial charge is 0.346 e. The Morgan fingerprint density at radius 3 is 2.41 bits per heavy atom. The average molecular weight is 430 g/mol. The summed E-state index contributed by atoms with van der Waals surface area (Å²) in [5.41, 5.74) is 8.64. The Kier molecular flexibility index (Phi) is 5.38. The number of hydrogen-bond donors (Lipinski definition) is 1. The molecule has 1 aliphatic rings. The number of nitrogen functional groups attached to an aromatic ring is 1. The molecule has 2 N–H and O–H groups in total. The van der Waals surface area contributed by atoms with Crippen molar-refractivity contribution >= 4 is 34.7 Å². The van der Waals surface area contributed by atoms with E-state index in [2.05, 4.69) is 4.99 Å². The lowest BCUT2D eigenvalue weighted by Crippen LogP contribution is -2.41. The number of rotatable bonds is 4. The molecular weight excluding hydrogens is 412 g/mol. The third kappa shape index (κ3) is 3.79.